The van der Waals surface area contributed by atoms with Gasteiger partial charge in [-0.05, 0) is 64.3 Å². The standard InChI is InChI=1S/C25H25F2NS/c1-16-4-2-6-21-19(16)5-3-7-22(21)23-20(17-8-9-17)11-10-18(24(23)29)14-28-13-12-25(26,27)15-28/h2-7,10-11,17,29H,8-9,12-15H2,1H3. The van der Waals surface area contributed by atoms with Crippen molar-refractivity contribution in [3.63, 3.8) is 0 Å². The summed E-state index contributed by atoms with van der Waals surface area (Å²) in [5, 5.41) is 2.48. The number of rotatable bonds is 4. The number of likely N-dealkylation sites (tertiary alicyclic amines) is 1. The number of benzene rings is 3. The van der Waals surface area contributed by atoms with Gasteiger partial charge in [0.1, 0.15) is 0 Å². The smallest absolute Gasteiger partial charge is 0.261 e. The summed E-state index contributed by atoms with van der Waals surface area (Å²) in [7, 11) is 0. The van der Waals surface area contributed by atoms with Gasteiger partial charge in [0, 0.05) is 24.4 Å². The fourth-order valence-electron chi connectivity index (χ4n) is 4.66. The van der Waals surface area contributed by atoms with Gasteiger partial charge < -0.3 is 0 Å². The monoisotopic (exact) mass is 409 g/mol. The highest BCUT2D eigenvalue weighted by atomic mass is 32.1. The number of thiol groups is 1. The molecule has 29 heavy (non-hydrogen) atoms. The molecule has 1 nitrogen and oxygen atoms in total. The molecule has 4 heteroatoms. The van der Waals surface area contributed by atoms with E-state index in [4.69, 9.17) is 12.6 Å². The molecule has 1 heterocycles. The Morgan fingerprint density at radius 3 is 2.52 bits per heavy atom. The Morgan fingerprint density at radius 1 is 1.03 bits per heavy atom. The average molecular weight is 410 g/mol. The highest BCUT2D eigenvalue weighted by molar-refractivity contribution is 7.80. The number of alkyl halides is 2. The molecule has 0 bridgehead atoms. The van der Waals surface area contributed by atoms with Crippen LogP contribution in [0.4, 0.5) is 8.78 Å². The first-order chi connectivity index (χ1) is 13.9. The van der Waals surface area contributed by atoms with E-state index >= 15 is 0 Å². The molecule has 0 aromatic heterocycles. The van der Waals surface area contributed by atoms with Crippen LogP contribution in [-0.2, 0) is 6.54 Å². The van der Waals surface area contributed by atoms with E-state index in [0.29, 0.717) is 19.0 Å². The van der Waals surface area contributed by atoms with E-state index in [-0.39, 0.29) is 13.0 Å². The zero-order chi connectivity index (χ0) is 20.2. The fourth-order valence-corrected chi connectivity index (χ4v) is 5.06. The summed E-state index contributed by atoms with van der Waals surface area (Å²) >= 11 is 4.97. The molecule has 3 aromatic carbocycles. The van der Waals surface area contributed by atoms with Crippen molar-refractivity contribution in [3.8, 4) is 11.1 Å². The number of hydrogen-bond donors (Lipinski definition) is 1. The van der Waals surface area contributed by atoms with Gasteiger partial charge in [-0.1, -0.05) is 48.5 Å². The molecule has 0 radical (unpaired) electrons. The Hall–Kier alpha value is -1.91. The van der Waals surface area contributed by atoms with Crippen molar-refractivity contribution in [2.45, 2.75) is 49.5 Å². The minimum atomic E-state index is -2.57. The van der Waals surface area contributed by atoms with Gasteiger partial charge in [-0.2, -0.15) is 0 Å². The van der Waals surface area contributed by atoms with Crippen molar-refractivity contribution in [2.75, 3.05) is 13.1 Å². The first kappa shape index (κ1) is 19.1. The number of nitrogens with zero attached hydrogens (tertiary/aromatic N) is 1. The molecule has 0 atom stereocenters. The maximum absolute atomic E-state index is 13.7. The molecule has 5 rings (SSSR count). The number of aryl methyl sites for hydroxylation is 1. The van der Waals surface area contributed by atoms with Gasteiger partial charge in [0.05, 0.1) is 6.54 Å². The molecule has 2 fully saturated rings. The summed E-state index contributed by atoms with van der Waals surface area (Å²) in [6.45, 7) is 2.94. The maximum atomic E-state index is 13.7. The average Bonchev–Trinajstić information content (AvgIpc) is 3.47. The summed E-state index contributed by atoms with van der Waals surface area (Å²) in [5.74, 6) is -1.98. The van der Waals surface area contributed by atoms with Gasteiger partial charge >= 0.3 is 0 Å². The predicted octanol–water partition coefficient (Wildman–Crippen LogP) is 6.82. The SMILES string of the molecule is Cc1cccc2c(-c3c(C4CC4)ccc(CN4CCC(F)(F)C4)c3S)cccc12. The second kappa shape index (κ2) is 7.10. The van der Waals surface area contributed by atoms with Crippen molar-refractivity contribution in [3.05, 3.63) is 65.2 Å². The number of halogens is 2. The quantitative estimate of drug-likeness (QED) is 0.463. The third-order valence-corrected chi connectivity index (χ3v) is 6.87. The molecule has 1 aliphatic heterocycles. The van der Waals surface area contributed by atoms with Crippen molar-refractivity contribution in [1.29, 1.82) is 0 Å². The molecule has 1 aliphatic carbocycles. The molecule has 150 valence electrons. The zero-order valence-corrected chi connectivity index (χ0v) is 17.5. The number of hydrogen-bond acceptors (Lipinski definition) is 2. The Labute approximate surface area is 176 Å². The molecular weight excluding hydrogens is 384 g/mol. The third-order valence-electron chi connectivity index (χ3n) is 6.36. The van der Waals surface area contributed by atoms with Gasteiger partial charge in [0.25, 0.3) is 5.92 Å². The Balaban J connectivity index is 1.63. The summed E-state index contributed by atoms with van der Waals surface area (Å²) < 4.78 is 27.3. The van der Waals surface area contributed by atoms with Crippen LogP contribution >= 0.6 is 12.6 Å². The zero-order valence-electron chi connectivity index (χ0n) is 16.6. The second-order valence-corrected chi connectivity index (χ2v) is 9.05. The molecule has 0 unspecified atom stereocenters. The third kappa shape index (κ3) is 3.57. The van der Waals surface area contributed by atoms with Crippen LogP contribution in [0.25, 0.3) is 21.9 Å². The highest BCUT2D eigenvalue weighted by Crippen LogP contribution is 2.48. The van der Waals surface area contributed by atoms with Gasteiger partial charge in [0.15, 0.2) is 0 Å². The van der Waals surface area contributed by atoms with E-state index in [1.54, 1.807) is 0 Å². The summed E-state index contributed by atoms with van der Waals surface area (Å²) in [5.41, 5.74) is 6.03. The lowest BCUT2D eigenvalue weighted by molar-refractivity contribution is 0.0114. The minimum absolute atomic E-state index is 0.0511. The van der Waals surface area contributed by atoms with E-state index in [2.05, 4.69) is 55.5 Å². The Kier molecular flexibility index (Phi) is 4.67. The van der Waals surface area contributed by atoms with Crippen molar-refractivity contribution < 1.29 is 8.78 Å². The summed E-state index contributed by atoms with van der Waals surface area (Å²) in [6, 6.07) is 17.2. The molecule has 2 aliphatic rings. The first-order valence-corrected chi connectivity index (χ1v) is 10.8. The summed E-state index contributed by atoms with van der Waals surface area (Å²) in [6.07, 6.45) is 2.37. The lowest BCUT2D eigenvalue weighted by Gasteiger charge is -2.21. The van der Waals surface area contributed by atoms with Crippen LogP contribution in [0.1, 0.15) is 41.9 Å². The fraction of sp³-hybridized carbons (Fsp3) is 0.360. The van der Waals surface area contributed by atoms with Crippen molar-refractivity contribution in [2.24, 2.45) is 0 Å². The predicted molar refractivity (Wildman–Crippen MR) is 118 cm³/mol. The largest absolute Gasteiger partial charge is 0.293 e. The Morgan fingerprint density at radius 2 is 1.79 bits per heavy atom. The van der Waals surface area contributed by atoms with Crippen LogP contribution in [0.3, 0.4) is 0 Å². The second-order valence-electron chi connectivity index (χ2n) is 8.60. The van der Waals surface area contributed by atoms with Crippen LogP contribution in [-0.4, -0.2) is 23.9 Å². The van der Waals surface area contributed by atoms with Crippen LogP contribution in [0.5, 0.6) is 0 Å². The molecule has 1 saturated heterocycles. The number of fused-ring (bicyclic) bond motifs is 1. The normalized spacial score (nSPS) is 19.2. The van der Waals surface area contributed by atoms with Crippen LogP contribution in [0, 0.1) is 6.92 Å². The lowest BCUT2D eigenvalue weighted by Crippen LogP contribution is -2.25. The summed E-state index contributed by atoms with van der Waals surface area (Å²) in [4.78, 5) is 2.79. The van der Waals surface area contributed by atoms with Gasteiger partial charge in [-0.3, -0.25) is 4.90 Å². The highest BCUT2D eigenvalue weighted by Gasteiger charge is 2.38. The van der Waals surface area contributed by atoms with E-state index in [9.17, 15) is 8.78 Å². The minimum Gasteiger partial charge on any atom is -0.293 e. The molecule has 1 saturated carbocycles. The molecule has 0 spiro atoms. The van der Waals surface area contributed by atoms with E-state index in [1.807, 2.05) is 4.90 Å². The van der Waals surface area contributed by atoms with Crippen molar-refractivity contribution in [1.82, 2.24) is 4.90 Å². The van der Waals surface area contributed by atoms with Gasteiger partial charge in [0.2, 0.25) is 0 Å². The van der Waals surface area contributed by atoms with E-state index in [0.717, 1.165) is 10.5 Å². The topological polar surface area (TPSA) is 3.24 Å². The van der Waals surface area contributed by atoms with Gasteiger partial charge in [-0.25, -0.2) is 8.78 Å². The van der Waals surface area contributed by atoms with Crippen molar-refractivity contribution >= 4 is 23.4 Å². The van der Waals surface area contributed by atoms with Crippen LogP contribution in [0.2, 0.25) is 0 Å². The maximum Gasteiger partial charge on any atom is 0.261 e. The Bertz CT molecular complexity index is 1090. The van der Waals surface area contributed by atoms with Gasteiger partial charge in [-0.15, -0.1) is 12.6 Å². The molecule has 0 amide bonds. The van der Waals surface area contributed by atoms with Crippen LogP contribution < -0.4 is 0 Å². The van der Waals surface area contributed by atoms with E-state index < -0.39 is 5.92 Å². The first-order valence-electron chi connectivity index (χ1n) is 10.4. The molecule has 0 N–H and O–H groups in total. The van der Waals surface area contributed by atoms with Crippen LogP contribution in [0.15, 0.2) is 53.4 Å². The molecule has 3 aromatic rings. The van der Waals surface area contributed by atoms with E-state index in [1.165, 1.54) is 45.9 Å². The molecular formula is C25H25F2NS. The lowest BCUT2D eigenvalue weighted by atomic mass is 9.90.